The Bertz CT molecular complexity index is 457. The van der Waals surface area contributed by atoms with Crippen molar-refractivity contribution in [1.82, 2.24) is 10.2 Å². The lowest BCUT2D eigenvalue weighted by Crippen LogP contribution is -2.48. The molecule has 3 nitrogen and oxygen atoms in total. The van der Waals surface area contributed by atoms with Crippen molar-refractivity contribution in [3.63, 3.8) is 0 Å². The fraction of sp³-hybridized carbons (Fsp3) is 0.625. The summed E-state index contributed by atoms with van der Waals surface area (Å²) >= 11 is 0. The summed E-state index contributed by atoms with van der Waals surface area (Å²) < 4.78 is 14.3. The van der Waals surface area contributed by atoms with E-state index in [4.69, 9.17) is 0 Å². The molecule has 0 saturated carbocycles. The second-order valence-electron chi connectivity index (χ2n) is 6.02. The first-order valence-electron chi connectivity index (χ1n) is 7.72. The number of nitrogens with zero attached hydrogens (tertiary/aromatic N) is 2. The van der Waals surface area contributed by atoms with Gasteiger partial charge < -0.3 is 10.2 Å². The zero-order valence-corrected chi connectivity index (χ0v) is 12.2. The molecule has 0 aliphatic carbocycles. The van der Waals surface area contributed by atoms with Crippen molar-refractivity contribution in [2.24, 2.45) is 0 Å². The molecule has 0 bridgehead atoms. The summed E-state index contributed by atoms with van der Waals surface area (Å²) in [7, 11) is 0. The van der Waals surface area contributed by atoms with Gasteiger partial charge in [0.15, 0.2) is 0 Å². The van der Waals surface area contributed by atoms with Gasteiger partial charge in [-0.2, -0.15) is 0 Å². The number of nitrogens with one attached hydrogen (secondary N) is 1. The van der Waals surface area contributed by atoms with Crippen molar-refractivity contribution in [3.05, 3.63) is 29.6 Å². The summed E-state index contributed by atoms with van der Waals surface area (Å²) in [6, 6.07) is 6.01. The molecule has 1 aromatic carbocycles. The Morgan fingerprint density at radius 3 is 2.80 bits per heavy atom. The predicted octanol–water partition coefficient (Wildman–Crippen LogP) is 2.22. The van der Waals surface area contributed by atoms with Crippen LogP contribution in [0.25, 0.3) is 0 Å². The van der Waals surface area contributed by atoms with E-state index in [1.54, 1.807) is 6.07 Å². The number of piperazine rings is 1. The highest BCUT2D eigenvalue weighted by molar-refractivity contribution is 5.54. The Balaban J connectivity index is 1.80. The van der Waals surface area contributed by atoms with Crippen LogP contribution in [0, 0.1) is 5.82 Å². The monoisotopic (exact) mass is 277 g/mol. The second-order valence-corrected chi connectivity index (χ2v) is 6.02. The lowest BCUT2D eigenvalue weighted by Gasteiger charge is -2.33. The standard InChI is InChI=1S/C16H24FN3/c1-13-11-19(10-7-18-13)12-14-15(17)5-4-6-16(14)20-8-2-3-9-20/h4-6,13,18H,2-3,7-12H2,1H3/t13-/m0/s1. The Morgan fingerprint density at radius 1 is 1.25 bits per heavy atom. The molecule has 4 heteroatoms. The van der Waals surface area contributed by atoms with Crippen molar-refractivity contribution >= 4 is 5.69 Å². The molecule has 0 unspecified atom stereocenters. The van der Waals surface area contributed by atoms with Gasteiger partial charge in [-0.15, -0.1) is 0 Å². The molecular formula is C16H24FN3. The maximum atomic E-state index is 14.3. The Hall–Kier alpha value is -1.13. The molecule has 0 radical (unpaired) electrons. The van der Waals surface area contributed by atoms with E-state index >= 15 is 0 Å². The predicted molar refractivity (Wildman–Crippen MR) is 80.6 cm³/mol. The molecule has 2 heterocycles. The number of hydrogen-bond acceptors (Lipinski definition) is 3. The van der Waals surface area contributed by atoms with Crippen LogP contribution in [0.1, 0.15) is 25.3 Å². The molecule has 0 amide bonds. The van der Waals surface area contributed by atoms with Crippen LogP contribution in [-0.4, -0.2) is 43.7 Å². The number of benzene rings is 1. The zero-order valence-electron chi connectivity index (χ0n) is 12.2. The molecule has 0 spiro atoms. The Kier molecular flexibility index (Phi) is 4.22. The molecule has 1 N–H and O–H groups in total. The quantitative estimate of drug-likeness (QED) is 0.914. The molecule has 1 atom stereocenters. The van der Waals surface area contributed by atoms with Gasteiger partial charge in [0.25, 0.3) is 0 Å². The molecule has 20 heavy (non-hydrogen) atoms. The van der Waals surface area contributed by atoms with Crippen molar-refractivity contribution in [2.45, 2.75) is 32.4 Å². The van der Waals surface area contributed by atoms with Crippen LogP contribution < -0.4 is 10.2 Å². The fourth-order valence-corrected chi connectivity index (χ4v) is 3.34. The number of hydrogen-bond donors (Lipinski definition) is 1. The Labute approximate surface area is 120 Å². The number of halogens is 1. The SMILES string of the molecule is C[C@H]1CN(Cc2c(F)cccc2N2CCCC2)CCN1. The maximum absolute atomic E-state index is 14.3. The third-order valence-electron chi connectivity index (χ3n) is 4.38. The van der Waals surface area contributed by atoms with E-state index in [1.165, 1.54) is 12.8 Å². The first kappa shape index (κ1) is 13.8. The van der Waals surface area contributed by atoms with Crippen LogP contribution in [0.4, 0.5) is 10.1 Å². The highest BCUT2D eigenvalue weighted by Gasteiger charge is 2.22. The van der Waals surface area contributed by atoms with Gasteiger partial charge in [-0.25, -0.2) is 4.39 Å². The summed E-state index contributed by atoms with van der Waals surface area (Å²) in [5.41, 5.74) is 1.98. The van der Waals surface area contributed by atoms with Gasteiger partial charge in [0.1, 0.15) is 5.82 Å². The highest BCUT2D eigenvalue weighted by atomic mass is 19.1. The summed E-state index contributed by atoms with van der Waals surface area (Å²) in [6.07, 6.45) is 2.45. The lowest BCUT2D eigenvalue weighted by atomic mass is 10.1. The van der Waals surface area contributed by atoms with Gasteiger partial charge in [-0.1, -0.05) is 6.07 Å². The molecule has 0 aromatic heterocycles. The van der Waals surface area contributed by atoms with Crippen LogP contribution in [0.3, 0.4) is 0 Å². The largest absolute Gasteiger partial charge is 0.371 e. The molecule has 2 aliphatic rings. The minimum atomic E-state index is -0.0550. The van der Waals surface area contributed by atoms with E-state index in [0.29, 0.717) is 6.04 Å². The van der Waals surface area contributed by atoms with Crippen LogP contribution in [0.15, 0.2) is 18.2 Å². The van der Waals surface area contributed by atoms with Crippen molar-refractivity contribution in [1.29, 1.82) is 0 Å². The third-order valence-corrected chi connectivity index (χ3v) is 4.38. The summed E-state index contributed by atoms with van der Waals surface area (Å²) in [5, 5.41) is 3.44. The van der Waals surface area contributed by atoms with Gasteiger partial charge in [-0.3, -0.25) is 4.90 Å². The van der Waals surface area contributed by atoms with Crippen LogP contribution in [0.2, 0.25) is 0 Å². The minimum absolute atomic E-state index is 0.0550. The van der Waals surface area contributed by atoms with E-state index in [1.807, 2.05) is 6.07 Å². The molecule has 2 fully saturated rings. The van der Waals surface area contributed by atoms with Gasteiger partial charge in [0.05, 0.1) is 0 Å². The van der Waals surface area contributed by atoms with E-state index in [2.05, 4.69) is 28.1 Å². The highest BCUT2D eigenvalue weighted by Crippen LogP contribution is 2.28. The molecule has 1 aromatic rings. The third kappa shape index (κ3) is 2.96. The average molecular weight is 277 g/mol. The molecular weight excluding hydrogens is 253 g/mol. The van der Waals surface area contributed by atoms with Gasteiger partial charge in [-0.05, 0) is 31.9 Å². The van der Waals surface area contributed by atoms with Crippen molar-refractivity contribution in [2.75, 3.05) is 37.6 Å². The zero-order chi connectivity index (χ0) is 13.9. The normalized spacial score (nSPS) is 24.3. The molecule has 2 aliphatic heterocycles. The van der Waals surface area contributed by atoms with Crippen molar-refractivity contribution in [3.8, 4) is 0 Å². The van der Waals surface area contributed by atoms with Gasteiger partial charge in [0, 0.05) is 56.6 Å². The van der Waals surface area contributed by atoms with Crippen molar-refractivity contribution < 1.29 is 4.39 Å². The lowest BCUT2D eigenvalue weighted by molar-refractivity contribution is 0.197. The van der Waals surface area contributed by atoms with Gasteiger partial charge in [0.2, 0.25) is 0 Å². The average Bonchev–Trinajstić information content (AvgIpc) is 2.95. The van der Waals surface area contributed by atoms with Gasteiger partial charge >= 0.3 is 0 Å². The summed E-state index contributed by atoms with van der Waals surface area (Å²) in [6.45, 7) is 8.03. The summed E-state index contributed by atoms with van der Waals surface area (Å²) in [4.78, 5) is 4.70. The van der Waals surface area contributed by atoms with Crippen LogP contribution in [-0.2, 0) is 6.54 Å². The molecule has 3 rings (SSSR count). The molecule has 110 valence electrons. The van der Waals surface area contributed by atoms with E-state index in [-0.39, 0.29) is 5.82 Å². The Morgan fingerprint density at radius 2 is 2.05 bits per heavy atom. The topological polar surface area (TPSA) is 18.5 Å². The minimum Gasteiger partial charge on any atom is -0.371 e. The summed E-state index contributed by atoms with van der Waals surface area (Å²) in [5.74, 6) is -0.0550. The first-order chi connectivity index (χ1) is 9.74. The molecule has 2 saturated heterocycles. The smallest absolute Gasteiger partial charge is 0.129 e. The van der Waals surface area contributed by atoms with E-state index < -0.39 is 0 Å². The van der Waals surface area contributed by atoms with Crippen LogP contribution >= 0.6 is 0 Å². The second kappa shape index (κ2) is 6.10. The van der Waals surface area contributed by atoms with E-state index in [9.17, 15) is 4.39 Å². The first-order valence-corrected chi connectivity index (χ1v) is 7.72. The van der Waals surface area contributed by atoms with Crippen LogP contribution in [0.5, 0.6) is 0 Å². The maximum Gasteiger partial charge on any atom is 0.129 e. The van der Waals surface area contributed by atoms with E-state index in [0.717, 1.165) is 50.5 Å². The number of anilines is 1. The fourth-order valence-electron chi connectivity index (χ4n) is 3.34. The number of rotatable bonds is 3.